The maximum absolute atomic E-state index is 4.75. The van der Waals surface area contributed by atoms with Crippen LogP contribution < -0.4 is 9.80 Å². The molecule has 320 valence electrons. The number of pyridine rings is 2. The van der Waals surface area contributed by atoms with E-state index in [-0.39, 0.29) is 0 Å². The van der Waals surface area contributed by atoms with E-state index >= 15 is 0 Å². The lowest BCUT2D eigenvalue weighted by molar-refractivity contribution is 1.17. The lowest BCUT2D eigenvalue weighted by atomic mass is 9.76. The maximum Gasteiger partial charge on any atom is 0.0703 e. The zero-order valence-corrected chi connectivity index (χ0v) is 37.2. The van der Waals surface area contributed by atoms with Gasteiger partial charge in [-0.05, 0) is 94.0 Å². The molecule has 2 aromatic heterocycles. The molecule has 0 spiro atoms. The number of benzene rings is 9. The van der Waals surface area contributed by atoms with Gasteiger partial charge in [0.1, 0.15) is 0 Å². The van der Waals surface area contributed by atoms with Crippen LogP contribution in [-0.2, 0) is 0 Å². The normalized spacial score (nSPS) is 11.8. The Morgan fingerprint density at radius 2 is 0.515 bits per heavy atom. The molecule has 0 unspecified atom stereocenters. The summed E-state index contributed by atoms with van der Waals surface area (Å²) in [5.41, 5.74) is 21.7. The molecule has 3 heterocycles. The largest absolute Gasteiger partial charge is 0.306 e. The van der Waals surface area contributed by atoms with Gasteiger partial charge < -0.3 is 9.80 Å². The van der Waals surface area contributed by atoms with Crippen molar-refractivity contribution in [3.63, 3.8) is 0 Å². The smallest absolute Gasteiger partial charge is 0.0703 e. The fourth-order valence-corrected chi connectivity index (χ4v) is 9.93. The van der Waals surface area contributed by atoms with Crippen LogP contribution in [0.25, 0.3) is 78.1 Å². The monoisotopic (exact) mass is 868 g/mol. The van der Waals surface area contributed by atoms with E-state index in [0.717, 1.165) is 112 Å². The van der Waals surface area contributed by atoms with E-state index in [0.29, 0.717) is 0 Å². The molecule has 0 saturated carbocycles. The highest BCUT2D eigenvalue weighted by atomic mass is 15.3. The highest BCUT2D eigenvalue weighted by Crippen LogP contribution is 2.62. The summed E-state index contributed by atoms with van der Waals surface area (Å²) in [5.74, 6) is 0. The van der Waals surface area contributed by atoms with Crippen molar-refractivity contribution in [2.45, 2.75) is 0 Å². The molecule has 11 aromatic rings. The Morgan fingerprint density at radius 1 is 0.221 bits per heavy atom. The first kappa shape index (κ1) is 40.4. The number of hydrogen-bond acceptors (Lipinski definition) is 4. The number of aromatic nitrogens is 2. The summed E-state index contributed by atoms with van der Waals surface area (Å²) in [6.07, 6.45) is 3.72. The van der Waals surface area contributed by atoms with E-state index in [1.54, 1.807) is 0 Å². The average Bonchev–Trinajstić information content (AvgIpc) is 3.43. The van der Waals surface area contributed by atoms with Crippen LogP contribution in [-0.4, -0.2) is 9.97 Å². The van der Waals surface area contributed by atoms with Crippen LogP contribution in [0.3, 0.4) is 0 Å². The fraction of sp³-hybridized carbons (Fsp3) is 0. The minimum absolute atomic E-state index is 0.931. The van der Waals surface area contributed by atoms with Gasteiger partial charge in [-0.15, -0.1) is 0 Å². The Morgan fingerprint density at radius 3 is 0.882 bits per heavy atom. The maximum atomic E-state index is 4.75. The second-order valence-electron chi connectivity index (χ2n) is 16.9. The summed E-state index contributed by atoms with van der Waals surface area (Å²) in [7, 11) is 0. The molecule has 0 amide bonds. The zero-order valence-electron chi connectivity index (χ0n) is 37.2. The number of anilines is 6. The molecule has 1 aliphatic rings. The third-order valence-electron chi connectivity index (χ3n) is 12.9. The van der Waals surface area contributed by atoms with Crippen LogP contribution in [0.1, 0.15) is 0 Å². The van der Waals surface area contributed by atoms with Crippen LogP contribution in [0, 0.1) is 0 Å². The SMILES string of the molecule is c1ccc(-c2c(-c3ccccc3)c(-c3ccc(-c4ccccn4)cc3)c(N3c4ccccc4N(c4ccccc4)c4ccccc43)c(-c3ccc(-c4ccccn4)cc3)c2-c2ccccc2)cc1. The molecule has 0 atom stereocenters. The molecule has 0 N–H and O–H groups in total. The minimum Gasteiger partial charge on any atom is -0.306 e. The second-order valence-corrected chi connectivity index (χ2v) is 16.9. The number of fused-ring (bicyclic) bond motifs is 2. The molecule has 0 radical (unpaired) electrons. The third-order valence-corrected chi connectivity index (χ3v) is 12.9. The molecule has 1 aliphatic heterocycles. The van der Waals surface area contributed by atoms with Gasteiger partial charge in [-0.25, -0.2) is 0 Å². The van der Waals surface area contributed by atoms with Crippen LogP contribution >= 0.6 is 0 Å². The predicted molar refractivity (Wildman–Crippen MR) is 283 cm³/mol. The standard InChI is InChI=1S/C64H44N4/c1-5-21-47(22-6-1)59-60(48-23-7-2-8-24-48)62(50-39-35-45(36-40-50)53-29-17-19-43-65-53)64(63(61(59)49-25-9-3-10-26-49)51-41-37-46(38-42-51)54-30-18-20-44-66-54)68-57-33-15-13-31-55(57)67(52-27-11-4-12-28-52)56-32-14-16-34-58(56)68/h1-44H. The molecule has 4 heteroatoms. The van der Waals surface area contributed by atoms with Gasteiger partial charge in [-0.1, -0.05) is 194 Å². The quantitative estimate of drug-likeness (QED) is 0.145. The number of hydrogen-bond donors (Lipinski definition) is 0. The third kappa shape index (κ3) is 7.22. The summed E-state index contributed by atoms with van der Waals surface area (Å²) < 4.78 is 0. The van der Waals surface area contributed by atoms with Crippen molar-refractivity contribution in [2.24, 2.45) is 0 Å². The highest BCUT2D eigenvalue weighted by molar-refractivity contribution is 6.18. The van der Waals surface area contributed by atoms with Gasteiger partial charge in [-0.3, -0.25) is 9.97 Å². The number of rotatable bonds is 9. The van der Waals surface area contributed by atoms with Gasteiger partial charge in [0, 0.05) is 51.5 Å². The summed E-state index contributed by atoms with van der Waals surface area (Å²) in [4.78, 5) is 14.5. The first-order valence-electron chi connectivity index (χ1n) is 23.1. The van der Waals surface area contributed by atoms with Crippen molar-refractivity contribution in [1.82, 2.24) is 9.97 Å². The molecular weight excluding hydrogens is 825 g/mol. The summed E-state index contributed by atoms with van der Waals surface area (Å²) >= 11 is 0. The lowest BCUT2D eigenvalue weighted by Crippen LogP contribution is -2.25. The number of para-hydroxylation sites is 5. The minimum atomic E-state index is 0.931. The first-order valence-corrected chi connectivity index (χ1v) is 23.1. The van der Waals surface area contributed by atoms with E-state index in [4.69, 9.17) is 9.97 Å². The Labute approximate surface area is 397 Å². The number of nitrogens with zero attached hydrogens (tertiary/aromatic N) is 4. The molecule has 68 heavy (non-hydrogen) atoms. The molecule has 0 bridgehead atoms. The lowest BCUT2D eigenvalue weighted by Gasteiger charge is -2.42. The van der Waals surface area contributed by atoms with Gasteiger partial charge in [0.15, 0.2) is 0 Å². The Kier molecular flexibility index (Phi) is 10.5. The summed E-state index contributed by atoms with van der Waals surface area (Å²) in [6, 6.07) is 91.5. The predicted octanol–water partition coefficient (Wildman–Crippen LogP) is 17.4. The first-order chi connectivity index (χ1) is 33.8. The van der Waals surface area contributed by atoms with Gasteiger partial charge in [-0.2, -0.15) is 0 Å². The van der Waals surface area contributed by atoms with E-state index in [1.807, 2.05) is 36.7 Å². The van der Waals surface area contributed by atoms with Gasteiger partial charge in [0.2, 0.25) is 0 Å². The molecule has 12 rings (SSSR count). The van der Waals surface area contributed by atoms with E-state index in [1.165, 1.54) is 0 Å². The van der Waals surface area contributed by atoms with Crippen LogP contribution in [0.2, 0.25) is 0 Å². The van der Waals surface area contributed by atoms with Crippen molar-refractivity contribution in [2.75, 3.05) is 9.80 Å². The summed E-state index contributed by atoms with van der Waals surface area (Å²) in [5, 5.41) is 0. The molecular formula is C64H44N4. The van der Waals surface area contributed by atoms with Crippen molar-refractivity contribution >= 4 is 34.1 Å². The molecule has 0 saturated heterocycles. The van der Waals surface area contributed by atoms with Crippen molar-refractivity contribution in [1.29, 1.82) is 0 Å². The molecule has 0 aliphatic carbocycles. The Hall–Kier alpha value is -9.12. The summed E-state index contributed by atoms with van der Waals surface area (Å²) in [6.45, 7) is 0. The zero-order chi connectivity index (χ0) is 45.2. The van der Waals surface area contributed by atoms with Gasteiger partial charge >= 0.3 is 0 Å². The second kappa shape index (κ2) is 17.7. The van der Waals surface area contributed by atoms with Crippen LogP contribution in [0.5, 0.6) is 0 Å². The molecule has 0 fully saturated rings. The Bertz CT molecular complexity index is 3310. The highest BCUT2D eigenvalue weighted by Gasteiger charge is 2.37. The van der Waals surface area contributed by atoms with Gasteiger partial charge in [0.25, 0.3) is 0 Å². The van der Waals surface area contributed by atoms with E-state index < -0.39 is 0 Å². The molecule has 9 aromatic carbocycles. The van der Waals surface area contributed by atoms with Crippen molar-refractivity contribution < 1.29 is 0 Å². The average molecular weight is 869 g/mol. The van der Waals surface area contributed by atoms with Crippen molar-refractivity contribution in [3.8, 4) is 78.1 Å². The van der Waals surface area contributed by atoms with Crippen LogP contribution in [0.15, 0.2) is 267 Å². The van der Waals surface area contributed by atoms with Crippen molar-refractivity contribution in [3.05, 3.63) is 267 Å². The Balaban J connectivity index is 1.29. The molecule has 4 nitrogen and oxygen atoms in total. The van der Waals surface area contributed by atoms with Crippen LogP contribution in [0.4, 0.5) is 34.1 Å². The fourth-order valence-electron chi connectivity index (χ4n) is 9.93. The van der Waals surface area contributed by atoms with E-state index in [2.05, 4.69) is 240 Å². The van der Waals surface area contributed by atoms with Gasteiger partial charge in [0.05, 0.1) is 39.8 Å². The topological polar surface area (TPSA) is 32.3 Å². The van der Waals surface area contributed by atoms with E-state index in [9.17, 15) is 0 Å².